The average Bonchev–Trinajstić information content (AvgIpc) is 2.70. The molecule has 1 atom stereocenters. The molecule has 0 aliphatic heterocycles. The minimum absolute atomic E-state index is 0.0979. The summed E-state index contributed by atoms with van der Waals surface area (Å²) in [6.07, 6.45) is 1.11. The van der Waals surface area contributed by atoms with Crippen LogP contribution in [0.15, 0.2) is 29.2 Å². The molecule has 1 aromatic heterocycles. The van der Waals surface area contributed by atoms with Crippen molar-refractivity contribution in [2.45, 2.75) is 31.7 Å². The van der Waals surface area contributed by atoms with Gasteiger partial charge in [0, 0.05) is 22.1 Å². The van der Waals surface area contributed by atoms with Crippen LogP contribution < -0.4 is 5.32 Å². The van der Waals surface area contributed by atoms with E-state index in [4.69, 9.17) is 0 Å². The van der Waals surface area contributed by atoms with Gasteiger partial charge >= 0.3 is 0 Å². The molecule has 0 saturated carbocycles. The molecule has 0 aliphatic rings. The zero-order valence-corrected chi connectivity index (χ0v) is 14.0. The molecule has 0 saturated heterocycles. The Labute approximate surface area is 128 Å². The molecule has 6 heteroatoms. The summed E-state index contributed by atoms with van der Waals surface area (Å²) in [6.45, 7) is 5.98. The summed E-state index contributed by atoms with van der Waals surface area (Å²) in [6, 6.07) is 5.77. The maximum Gasteiger partial charge on any atom is 0.175 e. The predicted octanol–water partition coefficient (Wildman–Crippen LogP) is 4.08. The minimum atomic E-state index is -3.35. The molecule has 2 aromatic rings. The lowest BCUT2D eigenvalue weighted by Gasteiger charge is -2.16. The number of aryl methyl sites for hydroxylation is 2. The van der Waals surface area contributed by atoms with Crippen molar-refractivity contribution in [3.63, 3.8) is 0 Å². The van der Waals surface area contributed by atoms with E-state index < -0.39 is 15.7 Å². The number of thiophene rings is 1. The fraction of sp³-hybridized carbons (Fsp3) is 0.333. The van der Waals surface area contributed by atoms with Crippen LogP contribution in [0.1, 0.15) is 28.3 Å². The number of halogens is 1. The van der Waals surface area contributed by atoms with Gasteiger partial charge in [-0.05, 0) is 50.6 Å². The molecule has 1 aromatic carbocycles. The molecule has 0 fully saturated rings. The third-order valence-corrected chi connectivity index (χ3v) is 5.38. The zero-order valence-electron chi connectivity index (χ0n) is 12.4. The van der Waals surface area contributed by atoms with E-state index in [1.165, 1.54) is 28.0 Å². The van der Waals surface area contributed by atoms with E-state index in [-0.39, 0.29) is 16.6 Å². The minimum Gasteiger partial charge on any atom is -0.376 e. The van der Waals surface area contributed by atoms with Crippen LogP contribution in [0.4, 0.5) is 10.1 Å². The summed E-state index contributed by atoms with van der Waals surface area (Å²) < 4.78 is 37.0. The second-order valence-electron chi connectivity index (χ2n) is 5.15. The van der Waals surface area contributed by atoms with Crippen LogP contribution >= 0.6 is 11.3 Å². The monoisotopic (exact) mass is 327 g/mol. The Morgan fingerprint density at radius 1 is 1.24 bits per heavy atom. The summed E-state index contributed by atoms with van der Waals surface area (Å²) in [5, 5.41) is 3.06. The van der Waals surface area contributed by atoms with Crippen molar-refractivity contribution in [1.29, 1.82) is 0 Å². The van der Waals surface area contributed by atoms with Crippen LogP contribution in [-0.2, 0) is 9.84 Å². The maximum absolute atomic E-state index is 13.9. The van der Waals surface area contributed by atoms with E-state index in [1.54, 1.807) is 11.3 Å². The molecule has 2 rings (SSSR count). The lowest BCUT2D eigenvalue weighted by molar-refractivity contribution is 0.600. The average molecular weight is 327 g/mol. The summed E-state index contributed by atoms with van der Waals surface area (Å²) in [4.78, 5) is 2.48. The predicted molar refractivity (Wildman–Crippen MR) is 85.3 cm³/mol. The zero-order chi connectivity index (χ0) is 15.8. The molecule has 0 bridgehead atoms. The fourth-order valence-corrected chi connectivity index (χ4v) is 3.91. The summed E-state index contributed by atoms with van der Waals surface area (Å²) in [5.41, 5.74) is 1.30. The van der Waals surface area contributed by atoms with Crippen LogP contribution in [0.25, 0.3) is 0 Å². The molecule has 114 valence electrons. The Hall–Kier alpha value is -1.40. The van der Waals surface area contributed by atoms with E-state index >= 15 is 0 Å². The van der Waals surface area contributed by atoms with Gasteiger partial charge in [-0.15, -0.1) is 11.3 Å². The number of rotatable bonds is 4. The lowest BCUT2D eigenvalue weighted by atomic mass is 10.1. The largest absolute Gasteiger partial charge is 0.376 e. The van der Waals surface area contributed by atoms with E-state index in [0.717, 1.165) is 11.8 Å². The molecule has 0 radical (unpaired) electrons. The van der Waals surface area contributed by atoms with E-state index in [1.807, 2.05) is 20.8 Å². The molecule has 1 N–H and O–H groups in total. The first-order valence-electron chi connectivity index (χ1n) is 6.51. The molecule has 0 amide bonds. The highest BCUT2D eigenvalue weighted by molar-refractivity contribution is 7.90. The van der Waals surface area contributed by atoms with Gasteiger partial charge in [0.1, 0.15) is 5.82 Å². The Balaban J connectivity index is 2.33. The normalized spacial score (nSPS) is 13.2. The molecule has 1 unspecified atom stereocenters. The first kappa shape index (κ1) is 16.0. The van der Waals surface area contributed by atoms with Gasteiger partial charge in [-0.25, -0.2) is 12.8 Å². The third kappa shape index (κ3) is 3.63. The van der Waals surface area contributed by atoms with Gasteiger partial charge in [-0.3, -0.25) is 0 Å². The Bertz CT molecular complexity index is 766. The van der Waals surface area contributed by atoms with Crippen molar-refractivity contribution in [1.82, 2.24) is 0 Å². The number of hydrogen-bond donors (Lipinski definition) is 1. The van der Waals surface area contributed by atoms with Crippen molar-refractivity contribution in [2.75, 3.05) is 11.6 Å². The van der Waals surface area contributed by atoms with Gasteiger partial charge in [-0.1, -0.05) is 0 Å². The molecular formula is C15H18FNO2S2. The molecule has 0 aliphatic carbocycles. The van der Waals surface area contributed by atoms with Crippen molar-refractivity contribution in [2.24, 2.45) is 0 Å². The van der Waals surface area contributed by atoms with Gasteiger partial charge in [-0.2, -0.15) is 0 Å². The second kappa shape index (κ2) is 5.77. The SMILES string of the molecule is Cc1cc(C(C)Nc2cc(S(C)(=O)=O)ccc2F)c(C)s1. The molecular weight excluding hydrogens is 309 g/mol. The number of benzene rings is 1. The quantitative estimate of drug-likeness (QED) is 0.861. The van der Waals surface area contributed by atoms with E-state index in [0.29, 0.717) is 0 Å². The van der Waals surface area contributed by atoms with Crippen molar-refractivity contribution in [3.8, 4) is 0 Å². The highest BCUT2D eigenvalue weighted by atomic mass is 32.2. The highest BCUT2D eigenvalue weighted by Gasteiger charge is 2.15. The van der Waals surface area contributed by atoms with Gasteiger partial charge < -0.3 is 5.32 Å². The van der Waals surface area contributed by atoms with Crippen molar-refractivity contribution in [3.05, 3.63) is 45.4 Å². The van der Waals surface area contributed by atoms with Crippen LogP contribution in [0.3, 0.4) is 0 Å². The topological polar surface area (TPSA) is 46.2 Å². The van der Waals surface area contributed by atoms with Crippen molar-refractivity contribution >= 4 is 26.9 Å². The fourth-order valence-electron chi connectivity index (χ4n) is 2.24. The molecule has 3 nitrogen and oxygen atoms in total. The molecule has 0 spiro atoms. The third-order valence-electron chi connectivity index (χ3n) is 3.28. The number of anilines is 1. The Kier molecular flexibility index (Phi) is 4.39. The van der Waals surface area contributed by atoms with Crippen LogP contribution in [0, 0.1) is 19.7 Å². The van der Waals surface area contributed by atoms with Gasteiger partial charge in [0.05, 0.1) is 10.6 Å². The lowest BCUT2D eigenvalue weighted by Crippen LogP contribution is -2.09. The van der Waals surface area contributed by atoms with Gasteiger partial charge in [0.25, 0.3) is 0 Å². The standard InChI is InChI=1S/C15H18FNO2S2/c1-9-7-13(11(3)20-9)10(2)17-15-8-12(21(4,18)19)5-6-14(15)16/h5-8,10,17H,1-4H3. The molecule has 21 heavy (non-hydrogen) atoms. The molecule has 1 heterocycles. The number of hydrogen-bond acceptors (Lipinski definition) is 4. The number of sulfone groups is 1. The van der Waals surface area contributed by atoms with Crippen LogP contribution in [-0.4, -0.2) is 14.7 Å². The van der Waals surface area contributed by atoms with Gasteiger partial charge in [0.15, 0.2) is 9.84 Å². The highest BCUT2D eigenvalue weighted by Crippen LogP contribution is 2.30. The van der Waals surface area contributed by atoms with Crippen molar-refractivity contribution < 1.29 is 12.8 Å². The maximum atomic E-state index is 13.9. The van der Waals surface area contributed by atoms with Crippen LogP contribution in [0.5, 0.6) is 0 Å². The van der Waals surface area contributed by atoms with E-state index in [2.05, 4.69) is 11.4 Å². The van der Waals surface area contributed by atoms with Gasteiger partial charge in [0.2, 0.25) is 0 Å². The summed E-state index contributed by atoms with van der Waals surface area (Å²) in [7, 11) is -3.35. The van der Waals surface area contributed by atoms with Crippen LogP contribution in [0.2, 0.25) is 0 Å². The summed E-state index contributed by atoms with van der Waals surface area (Å²) in [5.74, 6) is -0.459. The smallest absolute Gasteiger partial charge is 0.175 e. The first-order valence-corrected chi connectivity index (χ1v) is 9.22. The Morgan fingerprint density at radius 2 is 1.90 bits per heavy atom. The second-order valence-corrected chi connectivity index (χ2v) is 8.62. The Morgan fingerprint density at radius 3 is 2.43 bits per heavy atom. The van der Waals surface area contributed by atoms with E-state index in [9.17, 15) is 12.8 Å². The first-order chi connectivity index (χ1) is 9.68. The number of nitrogens with one attached hydrogen (secondary N) is 1. The summed E-state index contributed by atoms with van der Waals surface area (Å²) >= 11 is 1.69.